The maximum atomic E-state index is 12.4. The standard InChI is InChI=1S/C32H68N2O2/c1-7-9-11-13-15-17-19-21-23-25-27-33(3,4)29-30-36-32(35)31-34(5,6)28-26-24-22-20-18-16-14-12-10-8-2/h7-31H2,1-6H3/q+2. The van der Waals surface area contributed by atoms with Crippen LogP contribution in [0.3, 0.4) is 0 Å². The maximum absolute atomic E-state index is 12.4. The van der Waals surface area contributed by atoms with Crippen molar-refractivity contribution < 1.29 is 18.5 Å². The lowest BCUT2D eigenvalue weighted by molar-refractivity contribution is -0.891. The highest BCUT2D eigenvalue weighted by Crippen LogP contribution is 2.13. The van der Waals surface area contributed by atoms with Gasteiger partial charge in [-0.15, -0.1) is 0 Å². The lowest BCUT2D eigenvalue weighted by atomic mass is 10.1. The zero-order valence-electron chi connectivity index (χ0n) is 25.9. The highest BCUT2D eigenvalue weighted by atomic mass is 16.5. The van der Waals surface area contributed by atoms with E-state index in [4.69, 9.17) is 4.74 Å². The molecule has 0 saturated heterocycles. The second-order valence-electron chi connectivity index (χ2n) is 12.8. The van der Waals surface area contributed by atoms with Gasteiger partial charge in [0.1, 0.15) is 13.2 Å². The van der Waals surface area contributed by atoms with E-state index >= 15 is 0 Å². The van der Waals surface area contributed by atoms with E-state index in [0.29, 0.717) is 13.2 Å². The van der Waals surface area contributed by atoms with E-state index in [1.54, 1.807) is 0 Å². The molecule has 0 bridgehead atoms. The van der Waals surface area contributed by atoms with Crippen molar-refractivity contribution in [3.8, 4) is 0 Å². The largest absolute Gasteiger partial charge is 0.456 e. The number of likely N-dealkylation sites (N-methyl/N-ethyl adjacent to an activating group) is 2. The molecule has 0 aliphatic heterocycles. The van der Waals surface area contributed by atoms with Gasteiger partial charge in [0.2, 0.25) is 0 Å². The number of nitrogens with zero attached hydrogens (tertiary/aromatic N) is 2. The Bertz CT molecular complexity index is 491. The number of carbonyl (C=O) groups excluding carboxylic acids is 1. The SMILES string of the molecule is CCCCCCCCCCCC[N+](C)(C)CCOC(=O)C[N+](C)(C)CCCCCCCCCCCC. The fraction of sp³-hybridized carbons (Fsp3) is 0.969. The van der Waals surface area contributed by atoms with Crippen molar-refractivity contribution >= 4 is 5.97 Å². The Labute approximate surface area is 227 Å². The summed E-state index contributed by atoms with van der Waals surface area (Å²) in [5.74, 6) is -0.0361. The van der Waals surface area contributed by atoms with Crippen molar-refractivity contribution in [1.82, 2.24) is 0 Å². The van der Waals surface area contributed by atoms with Crippen LogP contribution in [-0.4, -0.2) is 75.9 Å². The summed E-state index contributed by atoms with van der Waals surface area (Å²) in [6.45, 7) is 8.74. The summed E-state index contributed by atoms with van der Waals surface area (Å²) in [5, 5.41) is 0. The number of carbonyl (C=O) groups is 1. The number of rotatable bonds is 27. The second-order valence-corrected chi connectivity index (χ2v) is 12.8. The Balaban J connectivity index is 3.72. The third-order valence-electron chi connectivity index (χ3n) is 7.75. The van der Waals surface area contributed by atoms with Crippen molar-refractivity contribution in [2.24, 2.45) is 0 Å². The van der Waals surface area contributed by atoms with Crippen LogP contribution < -0.4 is 0 Å². The average Bonchev–Trinajstić information content (AvgIpc) is 2.81. The van der Waals surface area contributed by atoms with E-state index < -0.39 is 0 Å². The summed E-state index contributed by atoms with van der Waals surface area (Å²) in [4.78, 5) is 12.4. The fourth-order valence-electron chi connectivity index (χ4n) is 5.05. The molecule has 0 aromatic heterocycles. The molecule has 0 N–H and O–H groups in total. The van der Waals surface area contributed by atoms with Gasteiger partial charge in [0.15, 0.2) is 6.54 Å². The molecular formula is C32H68N2O2+2. The van der Waals surface area contributed by atoms with Crippen LogP contribution in [0.2, 0.25) is 0 Å². The summed E-state index contributed by atoms with van der Waals surface area (Å²) in [5.41, 5.74) is 0. The van der Waals surface area contributed by atoms with Gasteiger partial charge >= 0.3 is 5.97 Å². The first-order chi connectivity index (χ1) is 17.2. The molecule has 36 heavy (non-hydrogen) atoms. The van der Waals surface area contributed by atoms with Gasteiger partial charge in [-0.3, -0.25) is 0 Å². The first-order valence-electron chi connectivity index (χ1n) is 16.0. The number of ether oxygens (including phenoxy) is 1. The summed E-state index contributed by atoms with van der Waals surface area (Å²) in [7, 11) is 8.87. The van der Waals surface area contributed by atoms with E-state index in [1.165, 1.54) is 135 Å². The van der Waals surface area contributed by atoms with Crippen molar-refractivity contribution in [3.63, 3.8) is 0 Å². The first kappa shape index (κ1) is 35.4. The minimum Gasteiger partial charge on any atom is -0.456 e. The van der Waals surface area contributed by atoms with E-state index in [1.807, 2.05) is 0 Å². The lowest BCUT2D eigenvalue weighted by Gasteiger charge is -2.30. The van der Waals surface area contributed by atoms with Crippen LogP contribution >= 0.6 is 0 Å². The Hall–Kier alpha value is -0.610. The zero-order valence-corrected chi connectivity index (χ0v) is 25.9. The molecule has 0 fully saturated rings. The van der Waals surface area contributed by atoms with Crippen LogP contribution in [0.15, 0.2) is 0 Å². The molecule has 0 amide bonds. The van der Waals surface area contributed by atoms with Crippen LogP contribution in [0.4, 0.5) is 0 Å². The normalized spacial score (nSPS) is 12.3. The van der Waals surface area contributed by atoms with Gasteiger partial charge in [0.05, 0.1) is 41.3 Å². The van der Waals surface area contributed by atoms with Crippen LogP contribution in [0, 0.1) is 0 Å². The lowest BCUT2D eigenvalue weighted by Crippen LogP contribution is -2.46. The first-order valence-corrected chi connectivity index (χ1v) is 16.0. The Morgan fingerprint density at radius 2 is 0.806 bits per heavy atom. The second kappa shape index (κ2) is 23.5. The van der Waals surface area contributed by atoms with Gasteiger partial charge in [0, 0.05) is 0 Å². The molecule has 0 aliphatic carbocycles. The van der Waals surface area contributed by atoms with E-state index in [0.717, 1.165) is 22.1 Å². The molecule has 4 heteroatoms. The van der Waals surface area contributed by atoms with Crippen LogP contribution in [0.25, 0.3) is 0 Å². The summed E-state index contributed by atoms with van der Waals surface area (Å²) >= 11 is 0. The fourth-order valence-corrected chi connectivity index (χ4v) is 5.05. The monoisotopic (exact) mass is 513 g/mol. The molecular weight excluding hydrogens is 444 g/mol. The van der Waals surface area contributed by atoms with Crippen LogP contribution in [0.1, 0.15) is 142 Å². The molecule has 0 aromatic carbocycles. The Morgan fingerprint density at radius 3 is 1.19 bits per heavy atom. The van der Waals surface area contributed by atoms with Crippen molar-refractivity contribution in [3.05, 3.63) is 0 Å². The molecule has 0 atom stereocenters. The Kier molecular flexibility index (Phi) is 23.1. The summed E-state index contributed by atoms with van der Waals surface area (Å²) in [6.07, 6.45) is 27.3. The molecule has 0 spiro atoms. The van der Waals surface area contributed by atoms with Gasteiger partial charge in [-0.25, -0.2) is 4.79 Å². The zero-order chi connectivity index (χ0) is 27.0. The van der Waals surface area contributed by atoms with E-state index in [-0.39, 0.29) is 5.97 Å². The van der Waals surface area contributed by atoms with Crippen molar-refractivity contribution in [2.45, 2.75) is 142 Å². The average molecular weight is 513 g/mol. The van der Waals surface area contributed by atoms with Gasteiger partial charge in [-0.05, 0) is 25.7 Å². The molecule has 0 unspecified atom stereocenters. The maximum Gasteiger partial charge on any atom is 0.361 e. The predicted molar refractivity (Wildman–Crippen MR) is 158 cm³/mol. The quantitative estimate of drug-likeness (QED) is 0.0626. The third-order valence-corrected chi connectivity index (χ3v) is 7.75. The van der Waals surface area contributed by atoms with Gasteiger partial charge in [0.25, 0.3) is 0 Å². The Morgan fingerprint density at radius 1 is 0.472 bits per heavy atom. The van der Waals surface area contributed by atoms with Gasteiger partial charge in [-0.2, -0.15) is 0 Å². The summed E-state index contributed by atoms with van der Waals surface area (Å²) in [6, 6.07) is 0. The van der Waals surface area contributed by atoms with Crippen molar-refractivity contribution in [2.75, 3.05) is 61.0 Å². The number of hydrogen-bond donors (Lipinski definition) is 0. The topological polar surface area (TPSA) is 26.3 Å². The minimum absolute atomic E-state index is 0.0361. The van der Waals surface area contributed by atoms with Gasteiger partial charge in [-0.1, -0.05) is 117 Å². The third kappa shape index (κ3) is 25.1. The molecule has 0 aliphatic rings. The molecule has 0 rings (SSSR count). The van der Waals surface area contributed by atoms with Crippen LogP contribution in [0.5, 0.6) is 0 Å². The molecule has 0 aromatic rings. The molecule has 0 saturated carbocycles. The minimum atomic E-state index is -0.0361. The number of esters is 1. The van der Waals surface area contributed by atoms with E-state index in [9.17, 15) is 4.79 Å². The number of quaternary nitrogens is 2. The van der Waals surface area contributed by atoms with Crippen molar-refractivity contribution in [1.29, 1.82) is 0 Å². The molecule has 216 valence electrons. The number of unbranched alkanes of at least 4 members (excludes halogenated alkanes) is 18. The molecule has 0 heterocycles. The van der Waals surface area contributed by atoms with E-state index in [2.05, 4.69) is 42.0 Å². The highest BCUT2D eigenvalue weighted by Gasteiger charge is 2.22. The smallest absolute Gasteiger partial charge is 0.361 e. The predicted octanol–water partition coefficient (Wildman–Crippen LogP) is 8.52. The molecule has 4 nitrogen and oxygen atoms in total. The molecule has 0 radical (unpaired) electrons. The number of hydrogen-bond acceptors (Lipinski definition) is 2. The summed E-state index contributed by atoms with van der Waals surface area (Å²) < 4.78 is 7.33. The van der Waals surface area contributed by atoms with Gasteiger partial charge < -0.3 is 13.7 Å². The highest BCUT2D eigenvalue weighted by molar-refractivity contribution is 5.70. The van der Waals surface area contributed by atoms with Crippen LogP contribution in [-0.2, 0) is 9.53 Å².